The van der Waals surface area contributed by atoms with Crippen LogP contribution in [0.25, 0.3) is 0 Å². The van der Waals surface area contributed by atoms with Crippen molar-refractivity contribution in [3.8, 4) is 0 Å². The zero-order valence-corrected chi connectivity index (χ0v) is 22.1. The fourth-order valence-corrected chi connectivity index (χ4v) is 10.8. The summed E-state index contributed by atoms with van der Waals surface area (Å²) in [6.07, 6.45) is 13.3. The lowest BCUT2D eigenvalue weighted by molar-refractivity contribution is -0.184. The van der Waals surface area contributed by atoms with Crippen LogP contribution in [0.5, 0.6) is 0 Å². The number of esters is 1. The SMILES string of the molecule is CC1(C)O[C@H]1[C@@H]1CC([C@@H]2CC[C@]34C[C@]23CC[C@@H]2[C@@]3(C)C=CC(=O)OC(C)(C)[C@@H]3CC(=O)[C@]24C)=CO1. The van der Waals surface area contributed by atoms with Crippen LogP contribution in [-0.4, -0.2) is 35.2 Å². The van der Waals surface area contributed by atoms with Crippen LogP contribution in [0.4, 0.5) is 0 Å². The van der Waals surface area contributed by atoms with Gasteiger partial charge in [-0.1, -0.05) is 19.9 Å². The number of ether oxygens (including phenoxy) is 3. The van der Waals surface area contributed by atoms with Gasteiger partial charge in [0.15, 0.2) is 0 Å². The van der Waals surface area contributed by atoms with Crippen LogP contribution in [0.2, 0.25) is 0 Å². The molecule has 0 aromatic carbocycles. The number of carbonyl (C=O) groups excluding carboxylic acids is 2. The molecule has 1 saturated heterocycles. The van der Waals surface area contributed by atoms with Crippen molar-refractivity contribution in [3.63, 3.8) is 0 Å². The molecule has 0 spiro atoms. The number of Topliss-reactive ketones (excluding diaryl/α,β-unsaturated/α-hetero) is 1. The first-order chi connectivity index (χ1) is 16.3. The minimum absolute atomic E-state index is 0.0109. The number of carbonyl (C=O) groups is 2. The van der Waals surface area contributed by atoms with Crippen LogP contribution in [0.1, 0.15) is 86.5 Å². The number of rotatable bonds is 2. The lowest BCUT2D eigenvalue weighted by atomic mass is 9.41. The van der Waals surface area contributed by atoms with Crippen molar-refractivity contribution in [2.45, 2.75) is 110 Å². The van der Waals surface area contributed by atoms with Crippen molar-refractivity contribution in [3.05, 3.63) is 24.0 Å². The number of allylic oxidation sites excluding steroid dienone is 1. The summed E-state index contributed by atoms with van der Waals surface area (Å²) < 4.78 is 17.9. The molecule has 0 N–H and O–H groups in total. The number of epoxide rings is 1. The van der Waals surface area contributed by atoms with E-state index in [4.69, 9.17) is 14.2 Å². The Balaban J connectivity index is 1.22. The Bertz CT molecular complexity index is 1100. The Kier molecular flexibility index (Phi) is 4.04. The number of hydrogen-bond acceptors (Lipinski definition) is 5. The first-order valence-electron chi connectivity index (χ1n) is 13.8. The summed E-state index contributed by atoms with van der Waals surface area (Å²) in [5.41, 5.74) is 0.488. The van der Waals surface area contributed by atoms with Crippen molar-refractivity contribution >= 4 is 11.8 Å². The third kappa shape index (κ3) is 2.50. The third-order valence-electron chi connectivity index (χ3n) is 12.5. The fraction of sp³-hybridized carbons (Fsp3) is 0.800. The molecule has 0 radical (unpaired) electrons. The van der Waals surface area contributed by atoms with E-state index >= 15 is 0 Å². The quantitative estimate of drug-likeness (QED) is 0.384. The molecule has 35 heavy (non-hydrogen) atoms. The molecule has 7 rings (SSSR count). The molecular weight excluding hydrogens is 440 g/mol. The van der Waals surface area contributed by atoms with Crippen LogP contribution in [0, 0.1) is 39.4 Å². The summed E-state index contributed by atoms with van der Waals surface area (Å²) in [7, 11) is 0. The van der Waals surface area contributed by atoms with Gasteiger partial charge in [-0.15, -0.1) is 0 Å². The van der Waals surface area contributed by atoms with E-state index in [1.54, 1.807) is 6.08 Å². The van der Waals surface area contributed by atoms with Gasteiger partial charge in [0.2, 0.25) is 0 Å². The predicted molar refractivity (Wildman–Crippen MR) is 130 cm³/mol. The number of cyclic esters (lactones) is 1. The standard InChI is InChI=1S/C30H40O5/c1-25(2)21-14-22(31)28(6)20(27(21,5)10-9-23(32)34-25)8-11-29-16-30(28,29)12-7-18(29)17-13-19(33-15-17)24-26(3,4)35-24/h9-10,15,18-21,24H,7-8,11-14,16H2,1-6H3/t18-,19-,20+,21-,24-,27+,28-,29+,30+/m0/s1. The second kappa shape index (κ2) is 6.26. The topological polar surface area (TPSA) is 65.1 Å². The Labute approximate surface area is 209 Å². The Morgan fingerprint density at radius 1 is 0.914 bits per heavy atom. The van der Waals surface area contributed by atoms with Crippen LogP contribution in [-0.2, 0) is 23.8 Å². The molecule has 0 amide bonds. The minimum Gasteiger partial charge on any atom is -0.495 e. The molecule has 4 saturated carbocycles. The van der Waals surface area contributed by atoms with Gasteiger partial charge in [-0.3, -0.25) is 4.79 Å². The highest BCUT2D eigenvalue weighted by Gasteiger charge is 2.85. The molecule has 190 valence electrons. The van der Waals surface area contributed by atoms with Gasteiger partial charge in [0.25, 0.3) is 0 Å². The maximum atomic E-state index is 14.2. The number of fused-ring (bicyclic) bond motifs is 3. The zero-order valence-electron chi connectivity index (χ0n) is 22.1. The summed E-state index contributed by atoms with van der Waals surface area (Å²) >= 11 is 0. The van der Waals surface area contributed by atoms with Gasteiger partial charge in [0.05, 0.1) is 11.9 Å². The largest absolute Gasteiger partial charge is 0.495 e. The van der Waals surface area contributed by atoms with Gasteiger partial charge < -0.3 is 14.2 Å². The normalized spacial score (nSPS) is 54.3. The lowest BCUT2D eigenvalue weighted by Gasteiger charge is -2.61. The molecule has 5 heteroatoms. The maximum Gasteiger partial charge on any atom is 0.330 e. The summed E-state index contributed by atoms with van der Waals surface area (Å²) in [5.74, 6) is 0.909. The van der Waals surface area contributed by atoms with Crippen molar-refractivity contribution in [2.24, 2.45) is 39.4 Å². The zero-order chi connectivity index (χ0) is 24.8. The van der Waals surface area contributed by atoms with Crippen LogP contribution in [0.15, 0.2) is 24.0 Å². The van der Waals surface area contributed by atoms with Crippen LogP contribution < -0.4 is 0 Å². The number of ketones is 1. The molecule has 0 aromatic rings. The van der Waals surface area contributed by atoms with Gasteiger partial charge in [-0.2, -0.15) is 0 Å². The predicted octanol–water partition coefficient (Wildman–Crippen LogP) is 5.53. The lowest BCUT2D eigenvalue weighted by Crippen LogP contribution is -2.62. The molecule has 5 fully saturated rings. The van der Waals surface area contributed by atoms with E-state index in [0.717, 1.165) is 25.7 Å². The van der Waals surface area contributed by atoms with Gasteiger partial charge >= 0.3 is 5.97 Å². The van der Waals surface area contributed by atoms with Gasteiger partial charge in [-0.05, 0) is 93.5 Å². The van der Waals surface area contributed by atoms with E-state index in [1.807, 2.05) is 13.8 Å². The second-order valence-corrected chi connectivity index (χ2v) is 14.4. The number of hydrogen-bond donors (Lipinski definition) is 0. The van der Waals surface area contributed by atoms with Gasteiger partial charge in [-0.25, -0.2) is 4.79 Å². The summed E-state index contributed by atoms with van der Waals surface area (Å²) in [6, 6.07) is 0. The van der Waals surface area contributed by atoms with E-state index in [-0.39, 0.29) is 57.3 Å². The molecule has 3 aliphatic heterocycles. The molecule has 4 aliphatic carbocycles. The Hall–Kier alpha value is -1.62. The van der Waals surface area contributed by atoms with Crippen molar-refractivity contribution in [1.29, 1.82) is 0 Å². The molecular formula is C30H40O5. The first kappa shape index (κ1) is 22.6. The second-order valence-electron chi connectivity index (χ2n) is 14.4. The first-order valence-corrected chi connectivity index (χ1v) is 13.8. The fourth-order valence-electron chi connectivity index (χ4n) is 10.8. The molecule has 9 atom stereocenters. The van der Waals surface area contributed by atoms with E-state index in [1.165, 1.54) is 18.4 Å². The van der Waals surface area contributed by atoms with Gasteiger partial charge in [0, 0.05) is 30.3 Å². The average Bonchev–Trinajstić information content (AvgIpc) is 3.48. The van der Waals surface area contributed by atoms with Crippen LogP contribution in [0.3, 0.4) is 0 Å². The molecule has 0 bridgehead atoms. The highest BCUT2D eigenvalue weighted by molar-refractivity contribution is 5.90. The van der Waals surface area contributed by atoms with Crippen molar-refractivity contribution in [1.82, 2.24) is 0 Å². The van der Waals surface area contributed by atoms with Crippen molar-refractivity contribution < 1.29 is 23.8 Å². The third-order valence-corrected chi connectivity index (χ3v) is 12.5. The highest BCUT2D eigenvalue weighted by atomic mass is 16.6. The summed E-state index contributed by atoms with van der Waals surface area (Å²) in [6.45, 7) is 12.9. The van der Waals surface area contributed by atoms with Crippen molar-refractivity contribution in [2.75, 3.05) is 0 Å². The Morgan fingerprint density at radius 2 is 1.66 bits per heavy atom. The van der Waals surface area contributed by atoms with E-state index in [9.17, 15) is 9.59 Å². The van der Waals surface area contributed by atoms with E-state index in [2.05, 4.69) is 40.0 Å². The van der Waals surface area contributed by atoms with E-state index < -0.39 is 5.60 Å². The molecule has 5 nitrogen and oxygen atoms in total. The molecule has 0 unspecified atom stereocenters. The summed E-state index contributed by atoms with van der Waals surface area (Å²) in [5, 5.41) is 0. The monoisotopic (exact) mass is 480 g/mol. The highest BCUT2D eigenvalue weighted by Crippen LogP contribution is 2.90. The molecule has 0 aromatic heterocycles. The van der Waals surface area contributed by atoms with E-state index in [0.29, 0.717) is 18.1 Å². The van der Waals surface area contributed by atoms with Gasteiger partial charge in [0.1, 0.15) is 23.6 Å². The molecule has 7 aliphatic rings. The maximum absolute atomic E-state index is 14.2. The van der Waals surface area contributed by atoms with Crippen LogP contribution >= 0.6 is 0 Å². The Morgan fingerprint density at radius 3 is 2.37 bits per heavy atom. The smallest absolute Gasteiger partial charge is 0.330 e. The minimum atomic E-state index is -0.653. The molecule has 3 heterocycles. The summed E-state index contributed by atoms with van der Waals surface area (Å²) in [4.78, 5) is 26.7. The average molecular weight is 481 g/mol.